The lowest BCUT2D eigenvalue weighted by Crippen LogP contribution is -2.33. The highest BCUT2D eigenvalue weighted by Gasteiger charge is 2.33. The van der Waals surface area contributed by atoms with Crippen LogP contribution in [-0.2, 0) is 6.54 Å². The standard InChI is InChI=1S/C14H14N2OS/c17-14(13-3-1-2-7-15-13)16(12-4-5-12)9-11-6-8-18-10-11/h1-3,6-8,10,12H,4-5,9H2. The van der Waals surface area contributed by atoms with Crippen molar-refractivity contribution in [2.24, 2.45) is 0 Å². The molecule has 0 bridgehead atoms. The Labute approximate surface area is 110 Å². The maximum Gasteiger partial charge on any atom is 0.272 e. The Morgan fingerprint density at radius 2 is 2.28 bits per heavy atom. The number of amides is 1. The molecule has 0 N–H and O–H groups in total. The van der Waals surface area contributed by atoms with E-state index in [0.29, 0.717) is 18.3 Å². The molecule has 2 aromatic heterocycles. The highest BCUT2D eigenvalue weighted by molar-refractivity contribution is 7.07. The van der Waals surface area contributed by atoms with Gasteiger partial charge in [-0.3, -0.25) is 9.78 Å². The normalized spacial score (nSPS) is 14.4. The SMILES string of the molecule is O=C(c1ccccn1)N(Cc1ccsc1)C1CC1. The molecule has 3 rings (SSSR count). The molecule has 2 aromatic rings. The third kappa shape index (κ3) is 2.43. The molecule has 0 radical (unpaired) electrons. The lowest BCUT2D eigenvalue weighted by Gasteiger charge is -2.21. The zero-order valence-electron chi connectivity index (χ0n) is 9.95. The number of pyridine rings is 1. The van der Waals surface area contributed by atoms with Crippen molar-refractivity contribution in [2.45, 2.75) is 25.4 Å². The lowest BCUT2D eigenvalue weighted by atomic mass is 10.2. The molecule has 3 nitrogen and oxygen atoms in total. The highest BCUT2D eigenvalue weighted by atomic mass is 32.1. The van der Waals surface area contributed by atoms with E-state index < -0.39 is 0 Å². The Morgan fingerprint density at radius 1 is 1.39 bits per heavy atom. The third-order valence-corrected chi connectivity index (χ3v) is 3.80. The van der Waals surface area contributed by atoms with Gasteiger partial charge in [-0.2, -0.15) is 11.3 Å². The van der Waals surface area contributed by atoms with Crippen molar-refractivity contribution in [3.8, 4) is 0 Å². The maximum atomic E-state index is 12.4. The van der Waals surface area contributed by atoms with Crippen molar-refractivity contribution in [1.82, 2.24) is 9.88 Å². The van der Waals surface area contributed by atoms with Gasteiger partial charge in [0.2, 0.25) is 0 Å². The number of rotatable bonds is 4. The van der Waals surface area contributed by atoms with Crippen LogP contribution in [0.15, 0.2) is 41.2 Å². The molecule has 0 spiro atoms. The second kappa shape index (κ2) is 4.90. The summed E-state index contributed by atoms with van der Waals surface area (Å²) in [6.45, 7) is 0.698. The van der Waals surface area contributed by atoms with Crippen LogP contribution in [0.5, 0.6) is 0 Å². The summed E-state index contributed by atoms with van der Waals surface area (Å²) in [7, 11) is 0. The van der Waals surface area contributed by atoms with E-state index in [2.05, 4.69) is 16.4 Å². The summed E-state index contributed by atoms with van der Waals surface area (Å²) in [5.74, 6) is 0.0456. The van der Waals surface area contributed by atoms with Gasteiger partial charge in [-0.25, -0.2) is 0 Å². The Balaban J connectivity index is 1.80. The fraction of sp³-hybridized carbons (Fsp3) is 0.286. The number of nitrogens with zero attached hydrogens (tertiary/aromatic N) is 2. The van der Waals surface area contributed by atoms with Gasteiger partial charge in [-0.1, -0.05) is 6.07 Å². The Bertz CT molecular complexity index is 520. The quantitative estimate of drug-likeness (QED) is 0.844. The van der Waals surface area contributed by atoms with Crippen molar-refractivity contribution in [3.63, 3.8) is 0 Å². The van der Waals surface area contributed by atoms with E-state index in [1.807, 2.05) is 22.4 Å². The molecule has 92 valence electrons. The van der Waals surface area contributed by atoms with Crippen LogP contribution in [0.3, 0.4) is 0 Å². The molecular formula is C14H14N2OS. The number of carbonyl (C=O) groups excluding carboxylic acids is 1. The van der Waals surface area contributed by atoms with E-state index >= 15 is 0 Å². The molecule has 18 heavy (non-hydrogen) atoms. The van der Waals surface area contributed by atoms with Crippen LogP contribution in [-0.4, -0.2) is 21.8 Å². The van der Waals surface area contributed by atoms with E-state index in [4.69, 9.17) is 0 Å². The van der Waals surface area contributed by atoms with Crippen LogP contribution in [0.2, 0.25) is 0 Å². The molecule has 4 heteroatoms. The highest BCUT2D eigenvalue weighted by Crippen LogP contribution is 2.29. The minimum absolute atomic E-state index is 0.0456. The van der Waals surface area contributed by atoms with Crippen molar-refractivity contribution in [3.05, 3.63) is 52.5 Å². The second-order valence-electron chi connectivity index (χ2n) is 4.51. The van der Waals surface area contributed by atoms with Crippen molar-refractivity contribution in [2.75, 3.05) is 0 Å². The van der Waals surface area contributed by atoms with Crippen molar-refractivity contribution < 1.29 is 4.79 Å². The first-order valence-electron chi connectivity index (χ1n) is 6.07. The van der Waals surface area contributed by atoms with E-state index in [1.165, 1.54) is 5.56 Å². The molecule has 1 fully saturated rings. The third-order valence-electron chi connectivity index (χ3n) is 3.07. The predicted molar refractivity (Wildman–Crippen MR) is 71.5 cm³/mol. The van der Waals surface area contributed by atoms with Gasteiger partial charge in [0.1, 0.15) is 5.69 Å². The number of hydrogen-bond acceptors (Lipinski definition) is 3. The molecule has 0 atom stereocenters. The summed E-state index contributed by atoms with van der Waals surface area (Å²) in [5, 5.41) is 4.15. The average Bonchev–Trinajstić information content (AvgIpc) is 3.13. The van der Waals surface area contributed by atoms with Crippen molar-refractivity contribution in [1.29, 1.82) is 0 Å². The van der Waals surface area contributed by atoms with Crippen molar-refractivity contribution >= 4 is 17.2 Å². The summed E-state index contributed by atoms with van der Waals surface area (Å²) in [5.41, 5.74) is 1.75. The summed E-state index contributed by atoms with van der Waals surface area (Å²) in [6, 6.07) is 7.95. The van der Waals surface area contributed by atoms with Crippen LogP contribution in [0.1, 0.15) is 28.9 Å². The van der Waals surface area contributed by atoms with Gasteiger partial charge in [-0.05, 0) is 47.4 Å². The van der Waals surface area contributed by atoms with Crippen LogP contribution >= 0.6 is 11.3 Å². The molecule has 1 amide bonds. The summed E-state index contributed by atoms with van der Waals surface area (Å²) >= 11 is 1.67. The van der Waals surface area contributed by atoms with Gasteiger partial charge in [0, 0.05) is 18.8 Å². The van der Waals surface area contributed by atoms with Gasteiger partial charge >= 0.3 is 0 Å². The predicted octanol–water partition coefficient (Wildman–Crippen LogP) is 2.95. The largest absolute Gasteiger partial charge is 0.330 e. The minimum Gasteiger partial charge on any atom is -0.330 e. The maximum absolute atomic E-state index is 12.4. The number of aromatic nitrogens is 1. The summed E-state index contributed by atoms with van der Waals surface area (Å²) in [6.07, 6.45) is 3.90. The topological polar surface area (TPSA) is 33.2 Å². The molecule has 0 unspecified atom stereocenters. The lowest BCUT2D eigenvalue weighted by molar-refractivity contribution is 0.0724. The van der Waals surface area contributed by atoms with Gasteiger partial charge < -0.3 is 4.90 Å². The van der Waals surface area contributed by atoms with Crippen LogP contribution in [0.25, 0.3) is 0 Å². The molecule has 1 saturated carbocycles. The second-order valence-corrected chi connectivity index (χ2v) is 5.29. The van der Waals surface area contributed by atoms with Gasteiger partial charge in [0.05, 0.1) is 0 Å². The first-order chi connectivity index (χ1) is 8.84. The first-order valence-corrected chi connectivity index (χ1v) is 7.02. The number of hydrogen-bond donors (Lipinski definition) is 0. The molecule has 2 heterocycles. The molecule has 1 aliphatic carbocycles. The van der Waals surface area contributed by atoms with E-state index in [0.717, 1.165) is 12.8 Å². The molecule has 0 saturated heterocycles. The fourth-order valence-electron chi connectivity index (χ4n) is 1.97. The monoisotopic (exact) mass is 258 g/mol. The van der Waals surface area contributed by atoms with Crippen LogP contribution < -0.4 is 0 Å². The smallest absolute Gasteiger partial charge is 0.272 e. The molecule has 1 aliphatic rings. The van der Waals surface area contributed by atoms with Crippen LogP contribution in [0.4, 0.5) is 0 Å². The molecule has 0 aromatic carbocycles. The van der Waals surface area contributed by atoms with E-state index in [-0.39, 0.29) is 5.91 Å². The Morgan fingerprint density at radius 3 is 2.89 bits per heavy atom. The average molecular weight is 258 g/mol. The van der Waals surface area contributed by atoms with Gasteiger partial charge in [-0.15, -0.1) is 0 Å². The summed E-state index contributed by atoms with van der Waals surface area (Å²) < 4.78 is 0. The van der Waals surface area contributed by atoms with Gasteiger partial charge in [0.15, 0.2) is 0 Å². The molecular weight excluding hydrogens is 244 g/mol. The van der Waals surface area contributed by atoms with Gasteiger partial charge in [0.25, 0.3) is 5.91 Å². The Hall–Kier alpha value is -1.68. The fourth-order valence-corrected chi connectivity index (χ4v) is 2.63. The number of thiophene rings is 1. The van der Waals surface area contributed by atoms with E-state index in [1.54, 1.807) is 23.6 Å². The Kier molecular flexibility index (Phi) is 3.11. The first kappa shape index (κ1) is 11.4. The minimum atomic E-state index is 0.0456. The molecule has 0 aliphatic heterocycles. The summed E-state index contributed by atoms with van der Waals surface area (Å²) in [4.78, 5) is 18.5. The zero-order valence-corrected chi connectivity index (χ0v) is 10.8. The number of carbonyl (C=O) groups is 1. The van der Waals surface area contributed by atoms with Crippen LogP contribution in [0, 0.1) is 0 Å². The van der Waals surface area contributed by atoms with E-state index in [9.17, 15) is 4.79 Å². The zero-order chi connectivity index (χ0) is 12.4.